The van der Waals surface area contributed by atoms with Crippen molar-refractivity contribution in [3.63, 3.8) is 0 Å². The van der Waals surface area contributed by atoms with E-state index in [0.29, 0.717) is 40.8 Å². The van der Waals surface area contributed by atoms with Gasteiger partial charge in [0.15, 0.2) is 11.6 Å². The van der Waals surface area contributed by atoms with E-state index in [1.165, 1.54) is 13.2 Å². The first-order valence-electron chi connectivity index (χ1n) is 13.7. The molecular formula is C33H37F3O5. The Balaban J connectivity index is 1.72. The Kier molecular flexibility index (Phi) is 8.73. The lowest BCUT2D eigenvalue weighted by Crippen LogP contribution is -2.21. The van der Waals surface area contributed by atoms with Gasteiger partial charge in [-0.1, -0.05) is 46.2 Å². The second-order valence-electron chi connectivity index (χ2n) is 11.8. The third-order valence-electron chi connectivity index (χ3n) is 7.89. The number of ether oxygens (including phenoxy) is 3. The summed E-state index contributed by atoms with van der Waals surface area (Å²) in [5.74, 6) is -3.42. The third kappa shape index (κ3) is 6.08. The molecular weight excluding hydrogens is 533 g/mol. The van der Waals surface area contributed by atoms with Crippen molar-refractivity contribution in [2.45, 2.75) is 65.1 Å². The number of benzene rings is 3. The number of aliphatic carboxylic acids is 1. The van der Waals surface area contributed by atoms with Crippen LogP contribution in [0.5, 0.6) is 11.5 Å². The Morgan fingerprint density at radius 3 is 2.37 bits per heavy atom. The van der Waals surface area contributed by atoms with E-state index in [9.17, 15) is 14.3 Å². The van der Waals surface area contributed by atoms with Crippen molar-refractivity contribution in [2.75, 3.05) is 14.2 Å². The van der Waals surface area contributed by atoms with Crippen LogP contribution in [0.3, 0.4) is 0 Å². The van der Waals surface area contributed by atoms with Gasteiger partial charge in [0.05, 0.1) is 19.1 Å². The molecule has 1 fully saturated rings. The van der Waals surface area contributed by atoms with Gasteiger partial charge in [-0.2, -0.15) is 0 Å². The van der Waals surface area contributed by atoms with Crippen LogP contribution in [0.15, 0.2) is 48.5 Å². The highest BCUT2D eigenvalue weighted by Gasteiger charge is 2.60. The molecule has 0 amide bonds. The first-order valence-corrected chi connectivity index (χ1v) is 13.7. The van der Waals surface area contributed by atoms with Gasteiger partial charge >= 0.3 is 5.97 Å². The molecule has 3 aromatic rings. The van der Waals surface area contributed by atoms with E-state index >= 15 is 8.78 Å². The number of carboxylic acids is 1. The van der Waals surface area contributed by atoms with Crippen LogP contribution in [0.1, 0.15) is 69.8 Å². The summed E-state index contributed by atoms with van der Waals surface area (Å²) in [6.45, 7) is 7.81. The monoisotopic (exact) mass is 570 g/mol. The number of carbonyl (C=O) groups is 1. The number of methoxy groups -OCH3 is 2. The van der Waals surface area contributed by atoms with Gasteiger partial charge in [-0.05, 0) is 65.3 Å². The lowest BCUT2D eigenvalue weighted by atomic mass is 9.81. The predicted molar refractivity (Wildman–Crippen MR) is 151 cm³/mol. The summed E-state index contributed by atoms with van der Waals surface area (Å²) in [5.41, 5.74) is 1.04. The van der Waals surface area contributed by atoms with Crippen molar-refractivity contribution in [2.24, 2.45) is 11.3 Å². The predicted octanol–water partition coefficient (Wildman–Crippen LogP) is 8.23. The fourth-order valence-electron chi connectivity index (χ4n) is 5.93. The average molecular weight is 571 g/mol. The normalized spacial score (nSPS) is 19.1. The number of hydrogen-bond donors (Lipinski definition) is 1. The van der Waals surface area contributed by atoms with E-state index in [4.69, 9.17) is 14.2 Å². The molecule has 8 heteroatoms. The number of rotatable bonds is 11. The molecule has 0 unspecified atom stereocenters. The summed E-state index contributed by atoms with van der Waals surface area (Å²) in [7, 11) is 3.10. The lowest BCUT2D eigenvalue weighted by Gasteiger charge is -2.32. The zero-order chi connectivity index (χ0) is 30.1. The summed E-state index contributed by atoms with van der Waals surface area (Å²) in [4.78, 5) is 11.7. The Hall–Kier alpha value is -3.52. The Labute approximate surface area is 239 Å². The van der Waals surface area contributed by atoms with Crippen LogP contribution in [-0.2, 0) is 21.6 Å². The van der Waals surface area contributed by atoms with Gasteiger partial charge in [0, 0.05) is 29.7 Å². The van der Waals surface area contributed by atoms with Crippen molar-refractivity contribution < 1.29 is 37.3 Å². The van der Waals surface area contributed by atoms with Crippen molar-refractivity contribution in [1.82, 2.24) is 0 Å². The maximum Gasteiger partial charge on any atom is 0.307 e. The fourth-order valence-corrected chi connectivity index (χ4v) is 5.93. The van der Waals surface area contributed by atoms with Gasteiger partial charge in [0.2, 0.25) is 0 Å². The topological polar surface area (TPSA) is 65.0 Å². The van der Waals surface area contributed by atoms with Crippen molar-refractivity contribution in [3.05, 3.63) is 82.7 Å². The molecule has 1 N–H and O–H groups in total. The SMILES string of the molecule is CCC[C@@]1(c2cc(F)cc(OCc3ccc(-c4cc(OC)ccc4F)c([C@@H](OC)C(C)(C)C)c3)c2F)C[C@H]1C(=O)O. The van der Waals surface area contributed by atoms with Gasteiger partial charge in [-0.15, -0.1) is 0 Å². The second-order valence-corrected chi connectivity index (χ2v) is 11.8. The van der Waals surface area contributed by atoms with Gasteiger partial charge in [-0.3, -0.25) is 4.79 Å². The van der Waals surface area contributed by atoms with Crippen LogP contribution in [0.4, 0.5) is 13.2 Å². The maximum absolute atomic E-state index is 15.7. The number of halogens is 3. The molecule has 0 spiro atoms. The highest BCUT2D eigenvalue weighted by Crippen LogP contribution is 2.59. The second kappa shape index (κ2) is 11.8. The van der Waals surface area contributed by atoms with E-state index in [-0.39, 0.29) is 29.8 Å². The minimum absolute atomic E-state index is 0.0402. The molecule has 4 rings (SSSR count). The lowest BCUT2D eigenvalue weighted by molar-refractivity contribution is -0.139. The molecule has 1 aliphatic rings. The van der Waals surface area contributed by atoms with E-state index in [0.717, 1.165) is 12.1 Å². The molecule has 0 saturated heterocycles. The molecule has 220 valence electrons. The highest BCUT2D eigenvalue weighted by molar-refractivity contribution is 5.77. The molecule has 0 bridgehead atoms. The summed E-state index contributed by atoms with van der Waals surface area (Å²) < 4.78 is 62.4. The summed E-state index contributed by atoms with van der Waals surface area (Å²) in [5, 5.41) is 9.57. The van der Waals surface area contributed by atoms with Gasteiger partial charge in [0.1, 0.15) is 24.0 Å². The van der Waals surface area contributed by atoms with Crippen molar-refractivity contribution in [1.29, 1.82) is 0 Å². The summed E-state index contributed by atoms with van der Waals surface area (Å²) in [6.07, 6.45) is 0.887. The zero-order valence-electron chi connectivity index (χ0n) is 24.3. The largest absolute Gasteiger partial charge is 0.497 e. The quantitative estimate of drug-likeness (QED) is 0.252. The molecule has 5 nitrogen and oxygen atoms in total. The van der Waals surface area contributed by atoms with Crippen molar-refractivity contribution in [3.8, 4) is 22.6 Å². The fraction of sp³-hybridized carbons (Fsp3) is 0.424. The standard InChI is InChI=1S/C33H37F3O5/c1-7-12-33(17-26(33)31(37)38)25-14-20(34)15-28(29(25)36)41-18-19-8-10-22(23-16-21(39-5)9-11-27(23)35)24(13-19)30(40-6)32(2,3)4/h8-11,13-16,26,30H,7,12,17-18H2,1-6H3,(H,37,38)/t26-,30+,33-/m0/s1. The average Bonchev–Trinajstić information content (AvgIpc) is 3.65. The van der Waals surface area contributed by atoms with E-state index in [1.807, 2.05) is 33.8 Å². The Bertz CT molecular complexity index is 1430. The minimum Gasteiger partial charge on any atom is -0.497 e. The van der Waals surface area contributed by atoms with Crippen LogP contribution >= 0.6 is 0 Å². The first kappa shape index (κ1) is 30.4. The molecule has 1 aliphatic carbocycles. The molecule has 1 saturated carbocycles. The van der Waals surface area contributed by atoms with Crippen LogP contribution in [0, 0.1) is 28.8 Å². The first-order chi connectivity index (χ1) is 19.4. The van der Waals surface area contributed by atoms with Gasteiger partial charge in [-0.25, -0.2) is 13.2 Å². The smallest absolute Gasteiger partial charge is 0.307 e. The number of hydrogen-bond acceptors (Lipinski definition) is 4. The Morgan fingerprint density at radius 2 is 1.78 bits per heavy atom. The van der Waals surface area contributed by atoms with Gasteiger partial charge < -0.3 is 19.3 Å². The minimum atomic E-state index is -1.02. The molecule has 0 aromatic heterocycles. The molecule has 0 radical (unpaired) electrons. The highest BCUT2D eigenvalue weighted by atomic mass is 19.1. The molecule has 3 atom stereocenters. The summed E-state index contributed by atoms with van der Waals surface area (Å²) >= 11 is 0. The molecule has 3 aromatic carbocycles. The van der Waals surface area contributed by atoms with E-state index < -0.39 is 40.9 Å². The van der Waals surface area contributed by atoms with Crippen LogP contribution in [-0.4, -0.2) is 25.3 Å². The van der Waals surface area contributed by atoms with E-state index in [2.05, 4.69) is 0 Å². The Morgan fingerprint density at radius 1 is 1.05 bits per heavy atom. The molecule has 41 heavy (non-hydrogen) atoms. The van der Waals surface area contributed by atoms with Crippen LogP contribution in [0.2, 0.25) is 0 Å². The number of carboxylic acid groups (broad SMARTS) is 1. The maximum atomic E-state index is 15.7. The van der Waals surface area contributed by atoms with Crippen molar-refractivity contribution >= 4 is 5.97 Å². The third-order valence-corrected chi connectivity index (χ3v) is 7.89. The van der Waals surface area contributed by atoms with Gasteiger partial charge in [0.25, 0.3) is 0 Å². The molecule has 0 aliphatic heterocycles. The molecule has 0 heterocycles. The zero-order valence-corrected chi connectivity index (χ0v) is 24.3. The van der Waals surface area contributed by atoms with Crippen LogP contribution in [0.25, 0.3) is 11.1 Å². The van der Waals surface area contributed by atoms with E-state index in [1.54, 1.807) is 31.4 Å². The summed E-state index contributed by atoms with van der Waals surface area (Å²) in [6, 6.07) is 11.9. The van der Waals surface area contributed by atoms with Crippen LogP contribution < -0.4 is 9.47 Å².